The number of rotatable bonds is 6. The number of amides is 1. The van der Waals surface area contributed by atoms with Crippen LogP contribution >= 0.6 is 24.2 Å². The van der Waals surface area contributed by atoms with E-state index in [1.54, 1.807) is 0 Å². The highest BCUT2D eigenvalue weighted by atomic mass is 35.5. The summed E-state index contributed by atoms with van der Waals surface area (Å²) in [6, 6.07) is 0.0389. The van der Waals surface area contributed by atoms with E-state index in [4.69, 9.17) is 0 Å². The van der Waals surface area contributed by atoms with Crippen LogP contribution in [0.1, 0.15) is 46.0 Å². The lowest BCUT2D eigenvalue weighted by atomic mass is 10.0. The van der Waals surface area contributed by atoms with Gasteiger partial charge in [0.25, 0.3) is 0 Å². The zero-order valence-electron chi connectivity index (χ0n) is 11.8. The van der Waals surface area contributed by atoms with Gasteiger partial charge in [-0.15, -0.1) is 12.4 Å². The molecule has 0 aromatic rings. The Kier molecular flexibility index (Phi) is 9.09. The highest BCUT2D eigenvalue weighted by molar-refractivity contribution is 8.00. The molecule has 1 atom stereocenters. The van der Waals surface area contributed by atoms with Crippen molar-refractivity contribution in [1.29, 1.82) is 0 Å². The molecule has 1 aliphatic heterocycles. The smallest absolute Gasteiger partial charge is 0.237 e. The van der Waals surface area contributed by atoms with Gasteiger partial charge in [-0.2, -0.15) is 11.8 Å². The van der Waals surface area contributed by atoms with E-state index in [0.717, 1.165) is 32.4 Å². The van der Waals surface area contributed by atoms with Crippen molar-refractivity contribution in [2.24, 2.45) is 0 Å². The SMILES string of the molecule is CCC(CC)(CNC(=O)[C@H]1CCCCN1)SC.Cl. The second-order valence-electron chi connectivity index (χ2n) is 4.81. The third-order valence-corrected chi connectivity index (χ3v) is 5.52. The quantitative estimate of drug-likeness (QED) is 0.791. The molecule has 1 heterocycles. The van der Waals surface area contributed by atoms with Gasteiger partial charge >= 0.3 is 0 Å². The van der Waals surface area contributed by atoms with Gasteiger partial charge in [-0.1, -0.05) is 20.3 Å². The minimum Gasteiger partial charge on any atom is -0.353 e. The third kappa shape index (κ3) is 4.98. The molecular formula is C13H27ClN2OS. The molecule has 0 aromatic heterocycles. The maximum atomic E-state index is 12.0. The first-order chi connectivity index (χ1) is 8.17. The van der Waals surface area contributed by atoms with E-state index >= 15 is 0 Å². The number of hydrogen-bond acceptors (Lipinski definition) is 3. The molecule has 1 rings (SSSR count). The molecule has 1 aliphatic rings. The van der Waals surface area contributed by atoms with Gasteiger partial charge in [0, 0.05) is 11.3 Å². The fraction of sp³-hybridized carbons (Fsp3) is 0.923. The molecule has 2 N–H and O–H groups in total. The Morgan fingerprint density at radius 2 is 2.06 bits per heavy atom. The van der Waals surface area contributed by atoms with Crippen LogP contribution in [-0.4, -0.2) is 36.0 Å². The summed E-state index contributed by atoms with van der Waals surface area (Å²) in [7, 11) is 0. The first-order valence-electron chi connectivity index (χ1n) is 6.73. The Bertz CT molecular complexity index is 233. The van der Waals surface area contributed by atoms with Crippen LogP contribution in [0, 0.1) is 0 Å². The van der Waals surface area contributed by atoms with Crippen LogP contribution in [-0.2, 0) is 4.79 Å². The van der Waals surface area contributed by atoms with Crippen molar-refractivity contribution < 1.29 is 4.79 Å². The fourth-order valence-electron chi connectivity index (χ4n) is 2.31. The highest BCUT2D eigenvalue weighted by Crippen LogP contribution is 2.29. The molecule has 3 nitrogen and oxygen atoms in total. The van der Waals surface area contributed by atoms with Crippen molar-refractivity contribution in [3.8, 4) is 0 Å². The summed E-state index contributed by atoms with van der Waals surface area (Å²) in [5, 5.41) is 6.41. The molecule has 18 heavy (non-hydrogen) atoms. The van der Waals surface area contributed by atoms with E-state index in [-0.39, 0.29) is 29.1 Å². The monoisotopic (exact) mass is 294 g/mol. The Labute approximate surface area is 122 Å². The number of thioether (sulfide) groups is 1. The van der Waals surface area contributed by atoms with Gasteiger partial charge in [0.05, 0.1) is 6.04 Å². The van der Waals surface area contributed by atoms with Gasteiger partial charge in [0.2, 0.25) is 5.91 Å². The number of nitrogens with one attached hydrogen (secondary N) is 2. The average Bonchev–Trinajstić information content (AvgIpc) is 2.41. The van der Waals surface area contributed by atoms with E-state index < -0.39 is 0 Å². The molecule has 1 saturated heterocycles. The van der Waals surface area contributed by atoms with Gasteiger partial charge < -0.3 is 10.6 Å². The number of hydrogen-bond donors (Lipinski definition) is 2. The van der Waals surface area contributed by atoms with Crippen molar-refractivity contribution in [3.05, 3.63) is 0 Å². The van der Waals surface area contributed by atoms with E-state index in [1.807, 2.05) is 11.8 Å². The molecule has 0 bridgehead atoms. The van der Waals surface area contributed by atoms with Gasteiger partial charge in [-0.05, 0) is 38.5 Å². The van der Waals surface area contributed by atoms with Gasteiger partial charge in [0.15, 0.2) is 0 Å². The molecule has 0 spiro atoms. The maximum absolute atomic E-state index is 12.0. The number of piperidine rings is 1. The van der Waals surface area contributed by atoms with Crippen LogP contribution in [0.4, 0.5) is 0 Å². The van der Waals surface area contributed by atoms with E-state index in [2.05, 4.69) is 30.7 Å². The van der Waals surface area contributed by atoms with E-state index in [1.165, 1.54) is 12.8 Å². The average molecular weight is 295 g/mol. The van der Waals surface area contributed by atoms with Crippen LogP contribution in [0.3, 0.4) is 0 Å². The zero-order valence-corrected chi connectivity index (χ0v) is 13.4. The standard InChI is InChI=1S/C13H26N2OS.ClH/c1-4-13(5-2,17-3)10-15-12(16)11-8-6-7-9-14-11;/h11,14H,4-10H2,1-3H3,(H,15,16);1H/t11-;/m1./s1. The third-order valence-electron chi connectivity index (χ3n) is 3.93. The second-order valence-corrected chi connectivity index (χ2v) is 6.09. The molecule has 0 unspecified atom stereocenters. The Hall–Kier alpha value is 0.0700. The van der Waals surface area contributed by atoms with Crippen molar-refractivity contribution in [3.63, 3.8) is 0 Å². The topological polar surface area (TPSA) is 41.1 Å². The first kappa shape index (κ1) is 18.1. The molecule has 0 saturated carbocycles. The Balaban J connectivity index is 0.00000289. The lowest BCUT2D eigenvalue weighted by Gasteiger charge is -2.31. The predicted octanol–water partition coefficient (Wildman–Crippen LogP) is 2.59. The molecule has 5 heteroatoms. The molecule has 1 fully saturated rings. The predicted molar refractivity (Wildman–Crippen MR) is 82.7 cm³/mol. The molecule has 1 amide bonds. The van der Waals surface area contributed by atoms with Crippen molar-refractivity contribution in [2.75, 3.05) is 19.3 Å². The largest absolute Gasteiger partial charge is 0.353 e. The van der Waals surface area contributed by atoms with Crippen LogP contribution in [0.2, 0.25) is 0 Å². The van der Waals surface area contributed by atoms with Crippen LogP contribution in [0.15, 0.2) is 0 Å². The minimum atomic E-state index is 0. The summed E-state index contributed by atoms with van der Waals surface area (Å²) in [4.78, 5) is 12.0. The lowest BCUT2D eigenvalue weighted by Crippen LogP contribution is -2.50. The van der Waals surface area contributed by atoms with E-state index in [9.17, 15) is 4.79 Å². The highest BCUT2D eigenvalue weighted by Gasteiger charge is 2.27. The summed E-state index contributed by atoms with van der Waals surface area (Å²) in [6.07, 6.45) is 7.68. The maximum Gasteiger partial charge on any atom is 0.237 e. The van der Waals surface area contributed by atoms with E-state index in [0.29, 0.717) is 0 Å². The normalized spacial score (nSPS) is 20.1. The van der Waals surface area contributed by atoms with Crippen LogP contribution in [0.5, 0.6) is 0 Å². The Morgan fingerprint density at radius 3 is 2.50 bits per heavy atom. The fourth-order valence-corrected chi connectivity index (χ4v) is 3.10. The molecule has 0 radical (unpaired) electrons. The van der Waals surface area contributed by atoms with Gasteiger partial charge in [0.1, 0.15) is 0 Å². The summed E-state index contributed by atoms with van der Waals surface area (Å²) < 4.78 is 0.213. The summed E-state index contributed by atoms with van der Waals surface area (Å²) in [5.41, 5.74) is 0. The molecule has 0 aromatic carbocycles. The van der Waals surface area contributed by atoms with Crippen molar-refractivity contribution >= 4 is 30.1 Å². The molecular weight excluding hydrogens is 268 g/mol. The molecule has 108 valence electrons. The van der Waals surface area contributed by atoms with Gasteiger partial charge in [-0.25, -0.2) is 0 Å². The lowest BCUT2D eigenvalue weighted by molar-refractivity contribution is -0.123. The van der Waals surface area contributed by atoms with Crippen LogP contribution < -0.4 is 10.6 Å². The first-order valence-corrected chi connectivity index (χ1v) is 7.96. The van der Waals surface area contributed by atoms with Crippen molar-refractivity contribution in [1.82, 2.24) is 10.6 Å². The Morgan fingerprint density at radius 1 is 1.39 bits per heavy atom. The van der Waals surface area contributed by atoms with Crippen molar-refractivity contribution in [2.45, 2.75) is 56.7 Å². The zero-order chi connectivity index (χ0) is 12.7. The second kappa shape index (κ2) is 9.05. The number of carbonyl (C=O) groups is 1. The number of carbonyl (C=O) groups excluding carboxylic acids is 1. The summed E-state index contributed by atoms with van der Waals surface area (Å²) in [5.74, 6) is 0.185. The van der Waals surface area contributed by atoms with Crippen LogP contribution in [0.25, 0.3) is 0 Å². The number of halogens is 1. The minimum absolute atomic E-state index is 0. The summed E-state index contributed by atoms with van der Waals surface area (Å²) in [6.45, 7) is 6.17. The summed E-state index contributed by atoms with van der Waals surface area (Å²) >= 11 is 1.87. The molecule has 0 aliphatic carbocycles. The van der Waals surface area contributed by atoms with Gasteiger partial charge in [-0.3, -0.25) is 4.79 Å².